The van der Waals surface area contributed by atoms with E-state index in [-0.39, 0.29) is 0 Å². The molecule has 3 rings (SSSR count). The highest BCUT2D eigenvalue weighted by molar-refractivity contribution is 6.32. The number of benzene rings is 2. The molecule has 0 radical (unpaired) electrons. The summed E-state index contributed by atoms with van der Waals surface area (Å²) in [7, 11) is 1.65. The number of halogens is 1. The van der Waals surface area contributed by atoms with Crippen LogP contribution in [0.1, 0.15) is 17.0 Å². The number of ether oxygens (including phenoxy) is 1. The van der Waals surface area contributed by atoms with Gasteiger partial charge in [-0.15, -0.1) is 0 Å². The number of hydrogen-bond acceptors (Lipinski definition) is 2. The molecule has 0 saturated carbocycles. The van der Waals surface area contributed by atoms with E-state index in [1.54, 1.807) is 7.11 Å². The summed E-state index contributed by atoms with van der Waals surface area (Å²) >= 11 is 6.15. The first-order valence-electron chi connectivity index (χ1n) is 6.43. The molecule has 1 heterocycles. The van der Waals surface area contributed by atoms with Crippen LogP contribution in [-0.4, -0.2) is 13.7 Å². The third-order valence-corrected chi connectivity index (χ3v) is 3.95. The summed E-state index contributed by atoms with van der Waals surface area (Å²) in [5, 5.41) is 4.12. The van der Waals surface area contributed by atoms with Crippen molar-refractivity contribution in [2.45, 2.75) is 12.3 Å². The lowest BCUT2D eigenvalue weighted by Gasteiger charge is -2.27. The summed E-state index contributed by atoms with van der Waals surface area (Å²) in [6, 6.07) is 14.6. The summed E-state index contributed by atoms with van der Waals surface area (Å²) in [5.41, 5.74) is 3.76. The molecule has 1 atom stereocenters. The van der Waals surface area contributed by atoms with Gasteiger partial charge in [-0.3, -0.25) is 0 Å². The van der Waals surface area contributed by atoms with Crippen LogP contribution in [-0.2, 0) is 6.42 Å². The fourth-order valence-corrected chi connectivity index (χ4v) is 2.86. The van der Waals surface area contributed by atoms with Crippen molar-refractivity contribution in [3.8, 4) is 5.75 Å². The van der Waals surface area contributed by atoms with Gasteiger partial charge in [0.25, 0.3) is 0 Å². The third-order valence-electron chi connectivity index (χ3n) is 3.65. The van der Waals surface area contributed by atoms with E-state index in [2.05, 4.69) is 35.6 Å². The highest BCUT2D eigenvalue weighted by Crippen LogP contribution is 2.36. The van der Waals surface area contributed by atoms with Crippen LogP contribution in [0.4, 0.5) is 5.69 Å². The van der Waals surface area contributed by atoms with E-state index >= 15 is 0 Å². The molecule has 2 nitrogen and oxygen atoms in total. The molecule has 0 fully saturated rings. The van der Waals surface area contributed by atoms with Crippen molar-refractivity contribution >= 4 is 17.3 Å². The minimum absolute atomic E-state index is 0.500. The maximum Gasteiger partial charge on any atom is 0.137 e. The van der Waals surface area contributed by atoms with Gasteiger partial charge >= 0.3 is 0 Å². The molecule has 0 aliphatic carbocycles. The molecule has 1 N–H and O–H groups in total. The zero-order chi connectivity index (χ0) is 13.2. The van der Waals surface area contributed by atoms with Gasteiger partial charge in [0.1, 0.15) is 5.75 Å². The Hall–Kier alpha value is -1.67. The average molecular weight is 274 g/mol. The number of nitrogens with one attached hydrogen (secondary N) is 1. The Bertz CT molecular complexity index is 583. The molecule has 2 aromatic rings. The quantitative estimate of drug-likeness (QED) is 0.889. The molecule has 98 valence electrons. The smallest absolute Gasteiger partial charge is 0.137 e. The predicted molar refractivity (Wildman–Crippen MR) is 79.4 cm³/mol. The van der Waals surface area contributed by atoms with Gasteiger partial charge in [0.05, 0.1) is 12.1 Å². The van der Waals surface area contributed by atoms with Crippen molar-refractivity contribution in [1.82, 2.24) is 0 Å². The molecule has 3 heteroatoms. The van der Waals surface area contributed by atoms with Gasteiger partial charge in [0.2, 0.25) is 0 Å². The summed E-state index contributed by atoms with van der Waals surface area (Å²) in [5.74, 6) is 1.25. The molecular weight excluding hydrogens is 258 g/mol. The molecule has 0 aromatic heterocycles. The van der Waals surface area contributed by atoms with Crippen LogP contribution in [0.3, 0.4) is 0 Å². The van der Waals surface area contributed by atoms with E-state index in [4.69, 9.17) is 16.3 Å². The van der Waals surface area contributed by atoms with Crippen LogP contribution in [0.2, 0.25) is 5.02 Å². The lowest BCUT2D eigenvalue weighted by atomic mass is 9.88. The van der Waals surface area contributed by atoms with Crippen molar-refractivity contribution in [3.05, 3.63) is 58.6 Å². The molecule has 0 spiro atoms. The first kappa shape index (κ1) is 12.4. The van der Waals surface area contributed by atoms with E-state index in [0.717, 1.165) is 24.4 Å². The maximum absolute atomic E-state index is 6.15. The molecule has 0 bridgehead atoms. The van der Waals surface area contributed by atoms with Gasteiger partial charge in [0, 0.05) is 18.2 Å². The van der Waals surface area contributed by atoms with E-state index in [1.165, 1.54) is 11.1 Å². The monoisotopic (exact) mass is 273 g/mol. The molecule has 2 aromatic carbocycles. The van der Waals surface area contributed by atoms with Crippen LogP contribution in [0.15, 0.2) is 42.5 Å². The second-order valence-corrected chi connectivity index (χ2v) is 5.24. The normalized spacial score (nSPS) is 17.5. The Morgan fingerprint density at radius 2 is 2.00 bits per heavy atom. The SMILES string of the molecule is COc1cc2c(cc1Cl)NCC(c1ccccc1)C2. The van der Waals surface area contributed by atoms with Crippen LogP contribution in [0.25, 0.3) is 0 Å². The van der Waals surface area contributed by atoms with Crippen LogP contribution in [0, 0.1) is 0 Å². The van der Waals surface area contributed by atoms with E-state index < -0.39 is 0 Å². The van der Waals surface area contributed by atoms with Crippen molar-refractivity contribution in [2.75, 3.05) is 19.0 Å². The Morgan fingerprint density at radius 1 is 1.21 bits per heavy atom. The van der Waals surface area contributed by atoms with Gasteiger partial charge in [-0.1, -0.05) is 41.9 Å². The van der Waals surface area contributed by atoms with Crippen molar-refractivity contribution in [3.63, 3.8) is 0 Å². The number of methoxy groups -OCH3 is 1. The van der Waals surface area contributed by atoms with Crippen LogP contribution < -0.4 is 10.1 Å². The number of hydrogen-bond donors (Lipinski definition) is 1. The molecule has 0 amide bonds. The van der Waals surface area contributed by atoms with Crippen LogP contribution in [0.5, 0.6) is 5.75 Å². The lowest BCUT2D eigenvalue weighted by Crippen LogP contribution is -2.21. The first-order chi connectivity index (χ1) is 9.28. The number of fused-ring (bicyclic) bond motifs is 1. The van der Waals surface area contributed by atoms with Gasteiger partial charge in [-0.05, 0) is 29.7 Å². The van der Waals surface area contributed by atoms with Gasteiger partial charge in [-0.2, -0.15) is 0 Å². The molecule has 19 heavy (non-hydrogen) atoms. The topological polar surface area (TPSA) is 21.3 Å². The zero-order valence-electron chi connectivity index (χ0n) is 10.8. The van der Waals surface area contributed by atoms with Gasteiger partial charge in [0.15, 0.2) is 0 Å². The molecular formula is C16H16ClNO. The molecule has 0 saturated heterocycles. The Morgan fingerprint density at radius 3 is 2.74 bits per heavy atom. The predicted octanol–water partition coefficient (Wildman–Crippen LogP) is 4.10. The standard InChI is InChI=1S/C16H16ClNO/c1-19-16-8-12-7-13(11-5-3-2-4-6-11)10-18-15(12)9-14(16)17/h2-6,8-9,13,18H,7,10H2,1H3. The first-order valence-corrected chi connectivity index (χ1v) is 6.81. The van der Waals surface area contributed by atoms with E-state index in [1.807, 2.05) is 12.1 Å². The maximum atomic E-state index is 6.15. The highest BCUT2D eigenvalue weighted by atomic mass is 35.5. The minimum atomic E-state index is 0.500. The van der Waals surface area contributed by atoms with E-state index in [0.29, 0.717) is 10.9 Å². The van der Waals surface area contributed by atoms with Crippen molar-refractivity contribution < 1.29 is 4.74 Å². The summed E-state index contributed by atoms with van der Waals surface area (Å²) in [6.07, 6.45) is 1.01. The molecule has 1 unspecified atom stereocenters. The Kier molecular flexibility index (Phi) is 3.34. The third kappa shape index (κ3) is 2.41. The van der Waals surface area contributed by atoms with Crippen molar-refractivity contribution in [2.24, 2.45) is 0 Å². The number of anilines is 1. The fourth-order valence-electron chi connectivity index (χ4n) is 2.62. The fraction of sp³-hybridized carbons (Fsp3) is 0.250. The van der Waals surface area contributed by atoms with Crippen LogP contribution >= 0.6 is 11.6 Å². The highest BCUT2D eigenvalue weighted by Gasteiger charge is 2.21. The second-order valence-electron chi connectivity index (χ2n) is 4.84. The molecule has 1 aliphatic rings. The average Bonchev–Trinajstić information content (AvgIpc) is 2.47. The molecule has 1 aliphatic heterocycles. The van der Waals surface area contributed by atoms with Crippen molar-refractivity contribution in [1.29, 1.82) is 0 Å². The lowest BCUT2D eigenvalue weighted by molar-refractivity contribution is 0.414. The van der Waals surface area contributed by atoms with Gasteiger partial charge < -0.3 is 10.1 Å². The Labute approximate surface area is 118 Å². The zero-order valence-corrected chi connectivity index (χ0v) is 11.6. The summed E-state index contributed by atoms with van der Waals surface area (Å²) in [6.45, 7) is 0.944. The summed E-state index contributed by atoms with van der Waals surface area (Å²) in [4.78, 5) is 0. The Balaban J connectivity index is 1.91. The van der Waals surface area contributed by atoms with E-state index in [9.17, 15) is 0 Å². The van der Waals surface area contributed by atoms with Gasteiger partial charge in [-0.25, -0.2) is 0 Å². The largest absolute Gasteiger partial charge is 0.495 e. The number of rotatable bonds is 2. The summed E-state index contributed by atoms with van der Waals surface area (Å²) < 4.78 is 5.29. The minimum Gasteiger partial charge on any atom is -0.495 e. The second kappa shape index (κ2) is 5.14.